The third-order valence-electron chi connectivity index (χ3n) is 3.35. The number of carbonyl (C=O) groups excluding carboxylic acids is 1. The van der Waals surface area contributed by atoms with E-state index in [2.05, 4.69) is 26.5 Å². The van der Waals surface area contributed by atoms with E-state index in [0.717, 1.165) is 11.1 Å². The molecule has 124 valence electrons. The largest absolute Gasteiger partial charge is 0.507 e. The van der Waals surface area contributed by atoms with Crippen molar-refractivity contribution in [2.45, 2.75) is 6.42 Å². The summed E-state index contributed by atoms with van der Waals surface area (Å²) in [5.74, 6) is 1.26. The van der Waals surface area contributed by atoms with E-state index in [0.29, 0.717) is 29.2 Å². The summed E-state index contributed by atoms with van der Waals surface area (Å²) in [7, 11) is 0. The molecule has 2 N–H and O–H groups in total. The van der Waals surface area contributed by atoms with E-state index in [1.165, 1.54) is 6.21 Å². The molecular weight excluding hydrogens is 376 g/mol. The van der Waals surface area contributed by atoms with Gasteiger partial charge in [-0.15, -0.1) is 0 Å². The molecule has 1 amide bonds. The number of hydrogen-bond acceptors (Lipinski definition) is 5. The Balaban J connectivity index is 1.57. The van der Waals surface area contributed by atoms with Gasteiger partial charge in [-0.1, -0.05) is 6.07 Å². The molecule has 0 saturated carbocycles. The van der Waals surface area contributed by atoms with Crippen LogP contribution in [0.25, 0.3) is 0 Å². The van der Waals surface area contributed by atoms with Crippen LogP contribution in [0.3, 0.4) is 0 Å². The predicted octanol–water partition coefficient (Wildman–Crippen LogP) is 2.62. The lowest BCUT2D eigenvalue weighted by molar-refractivity contribution is -0.120. The van der Waals surface area contributed by atoms with Crippen LogP contribution in [0.1, 0.15) is 11.1 Å². The van der Waals surface area contributed by atoms with Crippen LogP contribution in [0.5, 0.6) is 17.2 Å². The van der Waals surface area contributed by atoms with Crippen molar-refractivity contribution in [3.63, 3.8) is 0 Å². The highest BCUT2D eigenvalue weighted by Gasteiger charge is 2.12. The SMILES string of the molecule is O=C(Cc1ccc2c(c1)OCCO2)N/N=C/c1ccc(O)c(Br)c1. The molecule has 0 saturated heterocycles. The van der Waals surface area contributed by atoms with E-state index in [1.807, 2.05) is 6.07 Å². The number of aromatic hydroxyl groups is 1. The molecule has 0 spiro atoms. The van der Waals surface area contributed by atoms with Gasteiger partial charge in [-0.3, -0.25) is 4.79 Å². The van der Waals surface area contributed by atoms with E-state index in [1.54, 1.807) is 30.3 Å². The molecule has 6 nitrogen and oxygen atoms in total. The second-order valence-corrected chi connectivity index (χ2v) is 6.01. The first-order valence-electron chi connectivity index (χ1n) is 7.31. The number of nitrogens with one attached hydrogen (secondary N) is 1. The van der Waals surface area contributed by atoms with Gasteiger partial charge in [0.25, 0.3) is 0 Å². The Bertz CT molecular complexity index is 792. The molecule has 7 heteroatoms. The number of fused-ring (bicyclic) bond motifs is 1. The first kappa shape index (κ1) is 16.3. The van der Waals surface area contributed by atoms with Crippen molar-refractivity contribution in [2.75, 3.05) is 13.2 Å². The number of rotatable bonds is 4. The minimum Gasteiger partial charge on any atom is -0.507 e. The lowest BCUT2D eigenvalue weighted by Crippen LogP contribution is -2.20. The summed E-state index contributed by atoms with van der Waals surface area (Å²) in [5.41, 5.74) is 4.04. The van der Waals surface area contributed by atoms with Gasteiger partial charge >= 0.3 is 0 Å². The lowest BCUT2D eigenvalue weighted by atomic mass is 10.1. The molecule has 1 heterocycles. The summed E-state index contributed by atoms with van der Waals surface area (Å²) in [4.78, 5) is 11.9. The molecule has 1 aliphatic rings. The van der Waals surface area contributed by atoms with Crippen LogP contribution in [-0.2, 0) is 11.2 Å². The molecule has 0 unspecified atom stereocenters. The van der Waals surface area contributed by atoms with E-state index in [-0.39, 0.29) is 18.1 Å². The van der Waals surface area contributed by atoms with Gasteiger partial charge in [0.05, 0.1) is 17.1 Å². The molecule has 0 fully saturated rings. The Labute approximate surface area is 147 Å². The Morgan fingerprint density at radius 1 is 1.21 bits per heavy atom. The predicted molar refractivity (Wildman–Crippen MR) is 92.7 cm³/mol. The maximum absolute atomic E-state index is 11.9. The fourth-order valence-corrected chi connectivity index (χ4v) is 2.60. The molecule has 0 aromatic heterocycles. The Kier molecular flexibility index (Phi) is 5.00. The summed E-state index contributed by atoms with van der Waals surface area (Å²) in [6.07, 6.45) is 1.69. The van der Waals surface area contributed by atoms with Gasteiger partial charge in [0, 0.05) is 0 Å². The summed E-state index contributed by atoms with van der Waals surface area (Å²) in [6.45, 7) is 1.05. The molecule has 2 aromatic rings. The quantitative estimate of drug-likeness (QED) is 0.621. The Morgan fingerprint density at radius 3 is 2.79 bits per heavy atom. The highest BCUT2D eigenvalue weighted by Crippen LogP contribution is 2.30. The van der Waals surface area contributed by atoms with Crippen molar-refractivity contribution >= 4 is 28.1 Å². The third kappa shape index (κ3) is 4.05. The second kappa shape index (κ2) is 7.35. The molecule has 0 aliphatic carbocycles. The molecular formula is C17H15BrN2O4. The summed E-state index contributed by atoms with van der Waals surface area (Å²) < 4.78 is 11.5. The van der Waals surface area contributed by atoms with Gasteiger partial charge in [-0.05, 0) is 57.4 Å². The van der Waals surface area contributed by atoms with Crippen molar-refractivity contribution in [1.29, 1.82) is 0 Å². The number of ether oxygens (including phenoxy) is 2. The fraction of sp³-hybridized carbons (Fsp3) is 0.176. The standard InChI is InChI=1S/C17H15BrN2O4/c18-13-7-12(1-3-14(13)21)10-19-20-17(22)9-11-2-4-15-16(8-11)24-6-5-23-15/h1-4,7-8,10,21H,5-6,9H2,(H,20,22)/b19-10+. The number of nitrogens with zero attached hydrogens (tertiary/aromatic N) is 1. The number of carbonyl (C=O) groups is 1. The van der Waals surface area contributed by atoms with Gasteiger partial charge in [-0.2, -0.15) is 5.10 Å². The molecule has 24 heavy (non-hydrogen) atoms. The highest BCUT2D eigenvalue weighted by atomic mass is 79.9. The number of phenolic OH excluding ortho intramolecular Hbond substituents is 1. The third-order valence-corrected chi connectivity index (χ3v) is 3.98. The molecule has 0 atom stereocenters. The number of phenols is 1. The van der Waals surface area contributed by atoms with E-state index in [9.17, 15) is 9.90 Å². The van der Waals surface area contributed by atoms with Crippen molar-refractivity contribution in [3.8, 4) is 17.2 Å². The molecule has 0 radical (unpaired) electrons. The van der Waals surface area contributed by atoms with Crippen LogP contribution >= 0.6 is 15.9 Å². The topological polar surface area (TPSA) is 80.2 Å². The number of hydrazone groups is 1. The van der Waals surface area contributed by atoms with Crippen LogP contribution in [0.2, 0.25) is 0 Å². The first-order valence-corrected chi connectivity index (χ1v) is 8.10. The lowest BCUT2D eigenvalue weighted by Gasteiger charge is -2.18. The Morgan fingerprint density at radius 2 is 2.00 bits per heavy atom. The number of amides is 1. The second-order valence-electron chi connectivity index (χ2n) is 5.16. The normalized spacial score (nSPS) is 13.0. The maximum atomic E-state index is 11.9. The highest BCUT2D eigenvalue weighted by molar-refractivity contribution is 9.10. The average molecular weight is 391 g/mol. The number of benzene rings is 2. The minimum absolute atomic E-state index is 0.148. The van der Waals surface area contributed by atoms with Gasteiger partial charge in [0.2, 0.25) is 5.91 Å². The van der Waals surface area contributed by atoms with Crippen LogP contribution in [-0.4, -0.2) is 30.4 Å². The fourth-order valence-electron chi connectivity index (χ4n) is 2.20. The minimum atomic E-state index is -0.235. The smallest absolute Gasteiger partial charge is 0.244 e. The van der Waals surface area contributed by atoms with Crippen molar-refractivity contribution < 1.29 is 19.4 Å². The zero-order chi connectivity index (χ0) is 16.9. The summed E-state index contributed by atoms with van der Waals surface area (Å²) in [6, 6.07) is 10.4. The van der Waals surface area contributed by atoms with Gasteiger partial charge in [-0.25, -0.2) is 5.43 Å². The summed E-state index contributed by atoms with van der Waals surface area (Å²) >= 11 is 3.22. The monoisotopic (exact) mass is 390 g/mol. The Hall–Kier alpha value is -2.54. The van der Waals surface area contributed by atoms with Gasteiger partial charge in [0.15, 0.2) is 11.5 Å². The zero-order valence-corrected chi connectivity index (χ0v) is 14.2. The average Bonchev–Trinajstić information content (AvgIpc) is 2.58. The van der Waals surface area contributed by atoms with Gasteiger partial charge in [0.1, 0.15) is 19.0 Å². The first-order chi connectivity index (χ1) is 11.6. The van der Waals surface area contributed by atoms with Crippen LogP contribution < -0.4 is 14.9 Å². The zero-order valence-electron chi connectivity index (χ0n) is 12.7. The molecule has 0 bridgehead atoms. The maximum Gasteiger partial charge on any atom is 0.244 e. The number of halogens is 1. The molecule has 2 aromatic carbocycles. The van der Waals surface area contributed by atoms with Crippen LogP contribution in [0.15, 0.2) is 46.0 Å². The van der Waals surface area contributed by atoms with E-state index in [4.69, 9.17) is 9.47 Å². The van der Waals surface area contributed by atoms with Crippen molar-refractivity contribution in [3.05, 3.63) is 52.0 Å². The van der Waals surface area contributed by atoms with Crippen LogP contribution in [0, 0.1) is 0 Å². The summed E-state index contributed by atoms with van der Waals surface area (Å²) in [5, 5.41) is 13.3. The van der Waals surface area contributed by atoms with Crippen molar-refractivity contribution in [1.82, 2.24) is 5.43 Å². The molecule has 3 rings (SSSR count). The molecule has 1 aliphatic heterocycles. The van der Waals surface area contributed by atoms with Gasteiger partial charge < -0.3 is 14.6 Å². The van der Waals surface area contributed by atoms with E-state index < -0.39 is 0 Å². The van der Waals surface area contributed by atoms with Crippen LogP contribution in [0.4, 0.5) is 0 Å². The van der Waals surface area contributed by atoms with Crippen molar-refractivity contribution in [2.24, 2.45) is 5.10 Å². The number of hydrogen-bond donors (Lipinski definition) is 2. The van der Waals surface area contributed by atoms with E-state index >= 15 is 0 Å².